The largest absolute Gasteiger partial charge is 0.378 e. The van der Waals surface area contributed by atoms with Crippen molar-refractivity contribution in [2.75, 3.05) is 25.5 Å². The number of nitrogens with one attached hydrogen (secondary N) is 1. The van der Waals surface area contributed by atoms with Gasteiger partial charge in [0.05, 0.1) is 23.9 Å². The molecule has 0 spiro atoms. The first-order chi connectivity index (χ1) is 11.1. The number of nitrogens with zero attached hydrogens (tertiary/aromatic N) is 2. The monoisotopic (exact) mass is 331 g/mol. The molecule has 0 radical (unpaired) electrons. The van der Waals surface area contributed by atoms with E-state index in [2.05, 4.69) is 9.69 Å². The Balaban J connectivity index is 1.84. The molecule has 1 aromatic heterocycles. The van der Waals surface area contributed by atoms with Gasteiger partial charge < -0.3 is 15.0 Å². The van der Waals surface area contributed by atoms with Crippen LogP contribution in [0, 0.1) is 6.92 Å². The predicted molar refractivity (Wildman–Crippen MR) is 92.0 cm³/mol. The van der Waals surface area contributed by atoms with Crippen LogP contribution in [0.4, 0.5) is 5.00 Å². The molecule has 1 fully saturated rings. The Hall–Kier alpha value is -1.92. The molecule has 1 aromatic carbocycles. The second-order valence-electron chi connectivity index (χ2n) is 5.78. The maximum absolute atomic E-state index is 13.0. The van der Waals surface area contributed by atoms with E-state index in [4.69, 9.17) is 4.74 Å². The lowest BCUT2D eigenvalue weighted by molar-refractivity contribution is -0.0691. The van der Waals surface area contributed by atoms with Crippen molar-refractivity contribution in [2.24, 2.45) is 0 Å². The molecular formula is C17H21N3O2S. The number of aryl methyl sites for hydroxylation is 1. The molecule has 6 heteroatoms. The van der Waals surface area contributed by atoms with Gasteiger partial charge in [-0.15, -0.1) is 0 Å². The smallest absolute Gasteiger partial charge is 0.258 e. The van der Waals surface area contributed by atoms with Crippen molar-refractivity contribution < 1.29 is 9.53 Å². The van der Waals surface area contributed by atoms with Gasteiger partial charge in [0.2, 0.25) is 0 Å². The summed E-state index contributed by atoms with van der Waals surface area (Å²) in [7, 11) is 1.82. The number of carbonyl (C=O) groups is 1. The quantitative estimate of drug-likeness (QED) is 0.939. The van der Waals surface area contributed by atoms with Gasteiger partial charge in [-0.25, -0.2) is 0 Å². The van der Waals surface area contributed by atoms with E-state index in [1.54, 1.807) is 0 Å². The number of benzene rings is 1. The summed E-state index contributed by atoms with van der Waals surface area (Å²) in [5.41, 5.74) is 2.56. The molecule has 1 aliphatic rings. The van der Waals surface area contributed by atoms with Crippen LogP contribution >= 0.6 is 11.5 Å². The summed E-state index contributed by atoms with van der Waals surface area (Å²) in [6.45, 7) is 5.04. The molecule has 1 N–H and O–H groups in total. The number of hydrogen-bond donors (Lipinski definition) is 1. The van der Waals surface area contributed by atoms with Crippen molar-refractivity contribution in [3.63, 3.8) is 0 Å². The fraction of sp³-hybridized carbons (Fsp3) is 0.412. The molecule has 1 amide bonds. The second kappa shape index (κ2) is 6.68. The topological polar surface area (TPSA) is 54.5 Å². The Morgan fingerprint density at radius 2 is 2.09 bits per heavy atom. The van der Waals surface area contributed by atoms with Crippen LogP contribution in [0.1, 0.15) is 34.6 Å². The van der Waals surface area contributed by atoms with E-state index < -0.39 is 0 Å². The molecule has 1 saturated heterocycles. The fourth-order valence-electron chi connectivity index (χ4n) is 2.92. The predicted octanol–water partition coefficient (Wildman–Crippen LogP) is 3.10. The third-order valence-electron chi connectivity index (χ3n) is 4.02. The molecule has 3 rings (SSSR count). The summed E-state index contributed by atoms with van der Waals surface area (Å²) >= 11 is 1.33. The molecule has 5 nitrogen and oxygen atoms in total. The van der Waals surface area contributed by atoms with E-state index in [0.29, 0.717) is 18.7 Å². The van der Waals surface area contributed by atoms with Gasteiger partial charge in [-0.3, -0.25) is 4.79 Å². The van der Waals surface area contributed by atoms with Crippen molar-refractivity contribution in [1.82, 2.24) is 9.27 Å². The summed E-state index contributed by atoms with van der Waals surface area (Å²) in [4.78, 5) is 14.9. The first kappa shape index (κ1) is 16.0. The third-order valence-corrected chi connectivity index (χ3v) is 4.98. The first-order valence-corrected chi connectivity index (χ1v) is 8.51. The molecular weight excluding hydrogens is 310 g/mol. The number of aromatic nitrogens is 1. The van der Waals surface area contributed by atoms with Crippen LogP contribution in [-0.4, -0.2) is 41.4 Å². The number of ether oxygens (including phenoxy) is 1. The maximum atomic E-state index is 13.0. The van der Waals surface area contributed by atoms with Crippen molar-refractivity contribution in [2.45, 2.75) is 26.1 Å². The average molecular weight is 331 g/mol. The van der Waals surface area contributed by atoms with E-state index in [-0.39, 0.29) is 18.1 Å². The SMILES string of the molecule is CNc1snc(C)c1C(=O)N1C[C@@H](C)O[C@H](c2ccccc2)C1. The lowest BCUT2D eigenvalue weighted by Crippen LogP contribution is -2.46. The minimum Gasteiger partial charge on any atom is -0.378 e. The van der Waals surface area contributed by atoms with Crippen LogP contribution in [-0.2, 0) is 4.74 Å². The number of rotatable bonds is 3. The van der Waals surface area contributed by atoms with Crippen LogP contribution < -0.4 is 5.32 Å². The molecule has 0 bridgehead atoms. The summed E-state index contributed by atoms with van der Waals surface area (Å²) in [5, 5.41) is 3.89. The molecule has 122 valence electrons. The number of carbonyl (C=O) groups excluding carboxylic acids is 1. The number of amides is 1. The summed E-state index contributed by atoms with van der Waals surface area (Å²) in [6.07, 6.45) is -0.0864. The highest BCUT2D eigenvalue weighted by molar-refractivity contribution is 7.10. The minimum atomic E-state index is -0.0890. The number of hydrogen-bond acceptors (Lipinski definition) is 5. The summed E-state index contributed by atoms with van der Waals surface area (Å²) < 4.78 is 10.3. The molecule has 23 heavy (non-hydrogen) atoms. The van der Waals surface area contributed by atoms with E-state index in [0.717, 1.165) is 16.3 Å². The third kappa shape index (κ3) is 3.23. The van der Waals surface area contributed by atoms with Crippen LogP contribution in [0.15, 0.2) is 30.3 Å². The maximum Gasteiger partial charge on any atom is 0.258 e. The highest BCUT2D eigenvalue weighted by Crippen LogP contribution is 2.30. The molecule has 0 unspecified atom stereocenters. The highest BCUT2D eigenvalue weighted by atomic mass is 32.1. The second-order valence-corrected chi connectivity index (χ2v) is 6.55. The summed E-state index contributed by atoms with van der Waals surface area (Å²) in [5.74, 6) is 0.0247. The zero-order valence-corrected chi connectivity index (χ0v) is 14.4. The zero-order valence-electron chi connectivity index (χ0n) is 13.6. The van der Waals surface area contributed by atoms with Gasteiger partial charge in [0.15, 0.2) is 0 Å². The van der Waals surface area contributed by atoms with Crippen LogP contribution in [0.2, 0.25) is 0 Å². The van der Waals surface area contributed by atoms with Gasteiger partial charge in [0.1, 0.15) is 11.1 Å². The molecule has 0 aliphatic carbocycles. The van der Waals surface area contributed by atoms with E-state index in [1.165, 1.54) is 11.5 Å². The van der Waals surface area contributed by atoms with Crippen molar-refractivity contribution in [3.8, 4) is 0 Å². The zero-order chi connectivity index (χ0) is 16.4. The van der Waals surface area contributed by atoms with Crippen molar-refractivity contribution >= 4 is 22.4 Å². The van der Waals surface area contributed by atoms with E-state index in [9.17, 15) is 4.79 Å². The van der Waals surface area contributed by atoms with Crippen LogP contribution in [0.3, 0.4) is 0 Å². The Morgan fingerprint density at radius 1 is 1.35 bits per heavy atom. The Bertz CT molecular complexity index is 686. The van der Waals surface area contributed by atoms with Crippen molar-refractivity contribution in [1.29, 1.82) is 0 Å². The van der Waals surface area contributed by atoms with E-state index in [1.807, 2.05) is 56.1 Å². The van der Waals surface area contributed by atoms with E-state index >= 15 is 0 Å². The van der Waals surface area contributed by atoms with Crippen LogP contribution in [0.5, 0.6) is 0 Å². The summed E-state index contributed by atoms with van der Waals surface area (Å²) in [6, 6.07) is 10.1. The van der Waals surface area contributed by atoms with Gasteiger partial charge in [0.25, 0.3) is 5.91 Å². The molecule has 1 aliphatic heterocycles. The lowest BCUT2D eigenvalue weighted by Gasteiger charge is -2.37. The van der Waals surface area contributed by atoms with Gasteiger partial charge in [-0.1, -0.05) is 30.3 Å². The molecule has 0 saturated carbocycles. The molecule has 2 aromatic rings. The van der Waals surface area contributed by atoms with Gasteiger partial charge >= 0.3 is 0 Å². The van der Waals surface area contributed by atoms with Gasteiger partial charge in [0, 0.05) is 13.6 Å². The molecule has 2 heterocycles. The average Bonchev–Trinajstić information content (AvgIpc) is 2.95. The number of morpholine rings is 1. The number of anilines is 1. The highest BCUT2D eigenvalue weighted by Gasteiger charge is 2.32. The fourth-order valence-corrected chi connectivity index (χ4v) is 3.66. The molecule has 2 atom stereocenters. The Kier molecular flexibility index (Phi) is 4.63. The normalized spacial score (nSPS) is 21.3. The Labute approximate surface area is 140 Å². The van der Waals surface area contributed by atoms with Gasteiger partial charge in [-0.2, -0.15) is 4.37 Å². The van der Waals surface area contributed by atoms with Gasteiger partial charge in [-0.05, 0) is 30.9 Å². The van der Waals surface area contributed by atoms with Crippen LogP contribution in [0.25, 0.3) is 0 Å². The van der Waals surface area contributed by atoms with Crippen molar-refractivity contribution in [3.05, 3.63) is 47.2 Å². The minimum absolute atomic E-state index is 0.00263. The standard InChI is InChI=1S/C17H21N3O2S/c1-11-9-20(10-14(22-11)13-7-5-4-6-8-13)17(21)15-12(2)19-23-16(15)18-3/h4-8,11,14,18H,9-10H2,1-3H3/t11-,14+/m1/s1. The Morgan fingerprint density at radius 3 is 2.78 bits per heavy atom. The lowest BCUT2D eigenvalue weighted by atomic mass is 10.1. The first-order valence-electron chi connectivity index (χ1n) is 7.74.